The molecule has 4 fully saturated rings. The summed E-state index contributed by atoms with van der Waals surface area (Å²) in [7, 11) is 0. The molecule has 2 aliphatic heterocycles. The van der Waals surface area contributed by atoms with Crippen LogP contribution < -0.4 is 0 Å². The summed E-state index contributed by atoms with van der Waals surface area (Å²) in [6, 6.07) is 18.8. The molecule has 0 N–H and O–H groups in total. The number of fused-ring (bicyclic) bond motifs is 2. The minimum absolute atomic E-state index is 0.135. The van der Waals surface area contributed by atoms with Gasteiger partial charge in [0.1, 0.15) is 23.6 Å². The topological polar surface area (TPSA) is 61.8 Å². The summed E-state index contributed by atoms with van der Waals surface area (Å²) in [5.74, 6) is -0.588. The van der Waals surface area contributed by atoms with Crippen LogP contribution in [0.2, 0.25) is 0 Å². The third kappa shape index (κ3) is 2.77. The van der Waals surface area contributed by atoms with E-state index in [2.05, 4.69) is 0 Å². The van der Waals surface area contributed by atoms with Crippen LogP contribution in [0.4, 0.5) is 4.79 Å². The van der Waals surface area contributed by atoms with Crippen LogP contribution in [-0.4, -0.2) is 54.0 Å². The van der Waals surface area contributed by atoms with Gasteiger partial charge in [-0.2, -0.15) is 0 Å². The first-order valence-corrected chi connectivity index (χ1v) is 12.2. The van der Waals surface area contributed by atoms with Crippen LogP contribution in [0.3, 0.4) is 0 Å². The van der Waals surface area contributed by atoms with Gasteiger partial charge in [0.2, 0.25) is 0 Å². The number of quaternary nitrogens is 1. The molecule has 2 heterocycles. The van der Waals surface area contributed by atoms with Crippen LogP contribution in [-0.2, 0) is 24.6 Å². The molecule has 7 heteroatoms. The number of benzene rings is 2. The fourth-order valence-electron chi connectivity index (χ4n) is 7.18. The lowest BCUT2D eigenvalue weighted by Gasteiger charge is -2.63. The fraction of sp³-hybridized carbons (Fsp3) is 0.462. The van der Waals surface area contributed by atoms with Crippen molar-refractivity contribution in [3.8, 4) is 0 Å². The van der Waals surface area contributed by atoms with E-state index in [1.807, 2.05) is 12.1 Å². The quantitative estimate of drug-likeness (QED) is 0.358. The minimum atomic E-state index is -1.78. The molecule has 0 aromatic heterocycles. The van der Waals surface area contributed by atoms with E-state index < -0.39 is 17.7 Å². The summed E-state index contributed by atoms with van der Waals surface area (Å²) in [6.07, 6.45) is 3.46. The van der Waals surface area contributed by atoms with Gasteiger partial charge in [0.15, 0.2) is 6.07 Å². The summed E-state index contributed by atoms with van der Waals surface area (Å²) >= 11 is 5.60. The first kappa shape index (κ1) is 21.0. The van der Waals surface area contributed by atoms with Crippen LogP contribution in [0, 0.1) is 5.41 Å². The van der Waals surface area contributed by atoms with Crippen LogP contribution in [0.1, 0.15) is 36.8 Å². The van der Waals surface area contributed by atoms with E-state index in [1.54, 1.807) is 48.5 Å². The normalized spacial score (nSPS) is 30.3. The molecule has 2 aromatic carbocycles. The van der Waals surface area contributed by atoms with Crippen molar-refractivity contribution in [2.75, 3.05) is 19.2 Å². The molecule has 2 aliphatic carbocycles. The zero-order valence-electron chi connectivity index (χ0n) is 18.3. The number of alkyl halides is 1. The summed E-state index contributed by atoms with van der Waals surface area (Å²) in [6.45, 7) is 2.53. The third-order valence-corrected chi connectivity index (χ3v) is 8.72. The Balaban J connectivity index is 1.33. The average Bonchev–Trinajstić information content (AvgIpc) is 3.42. The highest BCUT2D eigenvalue weighted by Crippen LogP contribution is 2.78. The molecule has 2 saturated carbocycles. The largest absolute Gasteiger partial charge is 0.511 e. The standard InChI is InChI=1S/C26H27ClNO5/c27-17-31-24(30)33-26(18-9-3-1-4-10-18,19-11-5-2-6-12-19)23(29)32-22-15-20-25(22)16-21(25)28(20)13-7-8-14-28/h1-6,9-12,20-22H,7-8,13-17H2/q+1. The molecule has 2 saturated heterocycles. The molecule has 2 spiro atoms. The van der Waals surface area contributed by atoms with Crippen molar-refractivity contribution in [1.29, 1.82) is 0 Å². The Morgan fingerprint density at radius 1 is 0.970 bits per heavy atom. The van der Waals surface area contributed by atoms with Gasteiger partial charge in [0.25, 0.3) is 5.60 Å². The van der Waals surface area contributed by atoms with Gasteiger partial charge in [-0.3, -0.25) is 0 Å². The Bertz CT molecular complexity index is 1030. The second-order valence-electron chi connectivity index (χ2n) is 9.75. The van der Waals surface area contributed by atoms with E-state index in [0.717, 1.165) is 12.8 Å². The van der Waals surface area contributed by atoms with Crippen LogP contribution in [0.15, 0.2) is 60.7 Å². The number of carbonyl (C=O) groups excluding carboxylic acids is 2. The number of halogens is 1. The highest BCUT2D eigenvalue weighted by atomic mass is 35.5. The van der Waals surface area contributed by atoms with Crippen molar-refractivity contribution < 1.29 is 28.3 Å². The van der Waals surface area contributed by atoms with E-state index in [0.29, 0.717) is 23.2 Å². The van der Waals surface area contributed by atoms with Crippen LogP contribution in [0.5, 0.6) is 0 Å². The Kier molecular flexibility index (Phi) is 4.75. The molecule has 0 radical (unpaired) electrons. The maximum atomic E-state index is 14.0. The number of esters is 1. The van der Waals surface area contributed by atoms with E-state index in [-0.39, 0.29) is 17.6 Å². The molecular formula is C26H27ClNO5+. The zero-order valence-corrected chi connectivity index (χ0v) is 19.1. The molecule has 4 aliphatic rings. The summed E-state index contributed by atoms with van der Waals surface area (Å²) in [5.41, 5.74) is -0.632. The van der Waals surface area contributed by atoms with E-state index in [4.69, 9.17) is 25.8 Å². The Morgan fingerprint density at radius 3 is 2.12 bits per heavy atom. The molecule has 6 rings (SSSR count). The SMILES string of the molecule is O=C(OCCl)OC(C(=O)OC1CC2C13CC3[N+]21CCCC1)(c1ccccc1)c1ccccc1. The van der Waals surface area contributed by atoms with Gasteiger partial charge in [-0.15, -0.1) is 0 Å². The van der Waals surface area contributed by atoms with Gasteiger partial charge < -0.3 is 18.7 Å². The molecule has 0 amide bonds. The van der Waals surface area contributed by atoms with Gasteiger partial charge >= 0.3 is 12.1 Å². The highest BCUT2D eigenvalue weighted by Gasteiger charge is 2.93. The second-order valence-corrected chi connectivity index (χ2v) is 9.97. The molecule has 6 nitrogen and oxygen atoms in total. The van der Waals surface area contributed by atoms with E-state index in [1.165, 1.54) is 30.4 Å². The molecule has 33 heavy (non-hydrogen) atoms. The average molecular weight is 469 g/mol. The molecule has 4 unspecified atom stereocenters. The first-order chi connectivity index (χ1) is 16.1. The van der Waals surface area contributed by atoms with Crippen molar-refractivity contribution in [2.45, 2.75) is 49.5 Å². The maximum absolute atomic E-state index is 14.0. The van der Waals surface area contributed by atoms with Crippen molar-refractivity contribution >= 4 is 23.7 Å². The number of hydrogen-bond donors (Lipinski definition) is 0. The van der Waals surface area contributed by atoms with Crippen LogP contribution >= 0.6 is 11.6 Å². The van der Waals surface area contributed by atoms with Crippen molar-refractivity contribution in [1.82, 2.24) is 0 Å². The van der Waals surface area contributed by atoms with Gasteiger partial charge in [-0.05, 0) is 0 Å². The number of rotatable bonds is 6. The number of piperidine rings is 1. The maximum Gasteiger partial charge on any atom is 0.511 e. The van der Waals surface area contributed by atoms with Crippen molar-refractivity contribution in [3.63, 3.8) is 0 Å². The summed E-state index contributed by atoms with van der Waals surface area (Å²) < 4.78 is 18.1. The van der Waals surface area contributed by atoms with Gasteiger partial charge in [-0.25, -0.2) is 9.59 Å². The number of hydrogen-bond acceptors (Lipinski definition) is 5. The second kappa shape index (κ2) is 7.47. The molecule has 2 aromatic rings. The van der Waals surface area contributed by atoms with Gasteiger partial charge in [0, 0.05) is 36.8 Å². The van der Waals surface area contributed by atoms with Crippen molar-refractivity contribution in [2.24, 2.45) is 5.41 Å². The minimum Gasteiger partial charge on any atom is -0.458 e. The molecule has 4 atom stereocenters. The number of ether oxygens (including phenoxy) is 3. The highest BCUT2D eigenvalue weighted by molar-refractivity contribution is 6.17. The van der Waals surface area contributed by atoms with E-state index >= 15 is 0 Å². The number of carbonyl (C=O) groups is 2. The third-order valence-electron chi connectivity index (χ3n) is 8.61. The predicted molar refractivity (Wildman–Crippen MR) is 120 cm³/mol. The van der Waals surface area contributed by atoms with Gasteiger partial charge in [-0.1, -0.05) is 72.3 Å². The summed E-state index contributed by atoms with van der Waals surface area (Å²) in [5, 5.41) is 0. The molecular weight excluding hydrogens is 442 g/mol. The van der Waals surface area contributed by atoms with Crippen LogP contribution in [0.25, 0.3) is 0 Å². The fourth-order valence-corrected chi connectivity index (χ4v) is 7.27. The molecule has 0 bridgehead atoms. The Morgan fingerprint density at radius 2 is 1.58 bits per heavy atom. The Hall–Kier alpha value is -2.57. The monoisotopic (exact) mass is 468 g/mol. The zero-order chi connectivity index (χ0) is 22.7. The summed E-state index contributed by atoms with van der Waals surface area (Å²) in [4.78, 5) is 26.5. The smallest absolute Gasteiger partial charge is 0.458 e. The predicted octanol–water partition coefficient (Wildman–Crippen LogP) is 4.35. The first-order valence-electron chi connectivity index (χ1n) is 11.7. The molecule has 172 valence electrons. The Labute approximate surface area is 198 Å². The van der Waals surface area contributed by atoms with Crippen molar-refractivity contribution in [3.05, 3.63) is 71.8 Å². The lowest BCUT2D eigenvalue weighted by Crippen LogP contribution is -2.79. The number of nitrogens with zero attached hydrogens (tertiary/aromatic N) is 1. The lowest BCUT2D eigenvalue weighted by molar-refractivity contribution is -1.01. The lowest BCUT2D eigenvalue weighted by atomic mass is 9.64. The van der Waals surface area contributed by atoms with E-state index in [9.17, 15) is 9.59 Å². The van der Waals surface area contributed by atoms with Gasteiger partial charge in [0.05, 0.1) is 13.1 Å².